The van der Waals surface area contributed by atoms with Crippen LogP contribution in [-0.4, -0.2) is 52.7 Å². The van der Waals surface area contributed by atoms with E-state index in [1.165, 1.54) is 4.90 Å². The summed E-state index contributed by atoms with van der Waals surface area (Å²) in [6, 6.07) is 9.48. The van der Waals surface area contributed by atoms with Gasteiger partial charge in [0.05, 0.1) is 17.3 Å². The predicted molar refractivity (Wildman–Crippen MR) is 144 cm³/mol. The molecule has 0 bridgehead atoms. The van der Waals surface area contributed by atoms with Crippen molar-refractivity contribution in [1.82, 2.24) is 10.2 Å². The van der Waals surface area contributed by atoms with E-state index in [4.69, 9.17) is 22.8 Å². The van der Waals surface area contributed by atoms with Crippen molar-refractivity contribution in [3.8, 4) is 12.3 Å². The van der Waals surface area contributed by atoms with Gasteiger partial charge < -0.3 is 25.4 Å². The van der Waals surface area contributed by atoms with Crippen LogP contribution in [-0.2, 0) is 14.3 Å². The SMILES string of the molecule is C#Cc1ccccc1C(C(=O)Nc1c(C)cccc1Cl)N(CCC)C(=O)C(CO)NC(=O)OC(C)(C)C. The zero-order valence-electron chi connectivity index (χ0n) is 21.8. The Bertz CT molecular complexity index is 1150. The van der Waals surface area contributed by atoms with E-state index < -0.39 is 42.2 Å². The van der Waals surface area contributed by atoms with Crippen LogP contribution in [0.3, 0.4) is 0 Å². The molecule has 2 unspecified atom stereocenters. The largest absolute Gasteiger partial charge is 0.444 e. The summed E-state index contributed by atoms with van der Waals surface area (Å²) in [6.07, 6.45) is 5.35. The van der Waals surface area contributed by atoms with Gasteiger partial charge in [-0.1, -0.05) is 54.8 Å². The Hall–Kier alpha value is -3.54. The smallest absolute Gasteiger partial charge is 0.408 e. The second kappa shape index (κ2) is 13.1. The number of terminal acetylenes is 1. The van der Waals surface area contributed by atoms with E-state index in [1.807, 2.05) is 6.92 Å². The summed E-state index contributed by atoms with van der Waals surface area (Å²) >= 11 is 6.35. The second-order valence-electron chi connectivity index (χ2n) is 9.47. The number of ether oxygens (including phenoxy) is 1. The van der Waals surface area contributed by atoms with Crippen LogP contribution in [0.15, 0.2) is 42.5 Å². The summed E-state index contributed by atoms with van der Waals surface area (Å²) in [5, 5.41) is 15.6. The van der Waals surface area contributed by atoms with Crippen molar-refractivity contribution < 1.29 is 24.2 Å². The van der Waals surface area contributed by atoms with Crippen molar-refractivity contribution in [3.05, 3.63) is 64.2 Å². The van der Waals surface area contributed by atoms with Crippen LogP contribution < -0.4 is 10.6 Å². The molecule has 0 radical (unpaired) electrons. The highest BCUT2D eigenvalue weighted by Gasteiger charge is 2.37. The lowest BCUT2D eigenvalue weighted by molar-refractivity contribution is -0.141. The van der Waals surface area contributed by atoms with Crippen LogP contribution >= 0.6 is 11.6 Å². The summed E-state index contributed by atoms with van der Waals surface area (Å²) in [4.78, 5) is 41.2. The average Bonchev–Trinajstić information content (AvgIpc) is 2.83. The number of rotatable bonds is 9. The van der Waals surface area contributed by atoms with Gasteiger partial charge in [-0.2, -0.15) is 0 Å². The number of carbonyl (C=O) groups is 3. The number of para-hydroxylation sites is 1. The molecule has 198 valence electrons. The van der Waals surface area contributed by atoms with Crippen LogP contribution in [0.5, 0.6) is 0 Å². The molecule has 2 atom stereocenters. The molecule has 2 aromatic rings. The molecule has 0 heterocycles. The summed E-state index contributed by atoms with van der Waals surface area (Å²) in [5.74, 6) is 1.36. The van der Waals surface area contributed by atoms with Gasteiger partial charge in [-0.15, -0.1) is 6.42 Å². The van der Waals surface area contributed by atoms with Gasteiger partial charge in [0, 0.05) is 12.1 Å². The fourth-order valence-corrected chi connectivity index (χ4v) is 4.01. The van der Waals surface area contributed by atoms with Crippen LogP contribution in [0, 0.1) is 19.3 Å². The van der Waals surface area contributed by atoms with Crippen molar-refractivity contribution in [2.75, 3.05) is 18.5 Å². The Morgan fingerprint density at radius 2 is 1.84 bits per heavy atom. The Morgan fingerprint density at radius 1 is 1.16 bits per heavy atom. The monoisotopic (exact) mass is 527 g/mol. The normalized spacial score (nSPS) is 12.6. The lowest BCUT2D eigenvalue weighted by Crippen LogP contribution is -2.54. The van der Waals surface area contributed by atoms with Crippen molar-refractivity contribution >= 4 is 35.2 Å². The van der Waals surface area contributed by atoms with E-state index in [2.05, 4.69) is 16.6 Å². The number of alkyl carbamates (subject to hydrolysis) is 1. The summed E-state index contributed by atoms with van der Waals surface area (Å²) in [5.41, 5.74) is 1.18. The first kappa shape index (κ1) is 29.7. The zero-order chi connectivity index (χ0) is 27.8. The summed E-state index contributed by atoms with van der Waals surface area (Å²) < 4.78 is 5.24. The Balaban J connectivity index is 2.55. The highest BCUT2D eigenvalue weighted by Crippen LogP contribution is 2.30. The molecule has 2 aromatic carbocycles. The van der Waals surface area contributed by atoms with Crippen molar-refractivity contribution in [2.24, 2.45) is 0 Å². The number of nitrogens with one attached hydrogen (secondary N) is 2. The molecule has 0 spiro atoms. The third kappa shape index (κ3) is 7.97. The number of nitrogens with zero attached hydrogens (tertiary/aromatic N) is 1. The number of hydrogen-bond acceptors (Lipinski definition) is 5. The van der Waals surface area contributed by atoms with Crippen LogP contribution in [0.25, 0.3) is 0 Å². The van der Waals surface area contributed by atoms with Crippen molar-refractivity contribution in [1.29, 1.82) is 0 Å². The second-order valence-corrected chi connectivity index (χ2v) is 9.88. The first-order valence-electron chi connectivity index (χ1n) is 12.0. The molecule has 2 rings (SSSR count). The molecule has 0 aliphatic carbocycles. The maximum atomic E-state index is 13.8. The van der Waals surface area contributed by atoms with E-state index in [9.17, 15) is 19.5 Å². The fourth-order valence-electron chi connectivity index (χ4n) is 3.74. The van der Waals surface area contributed by atoms with Gasteiger partial charge in [-0.25, -0.2) is 4.79 Å². The van der Waals surface area contributed by atoms with Crippen LogP contribution in [0.1, 0.15) is 56.8 Å². The molecule has 0 saturated heterocycles. The number of aliphatic hydroxyl groups excluding tert-OH is 1. The summed E-state index contributed by atoms with van der Waals surface area (Å²) in [6.45, 7) is 8.12. The minimum Gasteiger partial charge on any atom is -0.444 e. The zero-order valence-corrected chi connectivity index (χ0v) is 22.6. The Kier molecular flexibility index (Phi) is 10.5. The van der Waals surface area contributed by atoms with Gasteiger partial charge in [-0.05, 0) is 57.4 Å². The van der Waals surface area contributed by atoms with Gasteiger partial charge in [-0.3, -0.25) is 9.59 Å². The quantitative estimate of drug-likeness (QED) is 0.418. The molecule has 9 heteroatoms. The Morgan fingerprint density at radius 3 is 2.41 bits per heavy atom. The molecular formula is C28H34ClN3O5. The lowest BCUT2D eigenvalue weighted by Gasteiger charge is -2.34. The van der Waals surface area contributed by atoms with Crippen molar-refractivity contribution in [3.63, 3.8) is 0 Å². The average molecular weight is 528 g/mol. The number of anilines is 1. The molecular weight excluding hydrogens is 494 g/mol. The highest BCUT2D eigenvalue weighted by molar-refractivity contribution is 6.34. The topological polar surface area (TPSA) is 108 Å². The number of benzene rings is 2. The molecule has 8 nitrogen and oxygen atoms in total. The third-order valence-corrected chi connectivity index (χ3v) is 5.68. The standard InChI is InChI=1S/C28H34ClN3O5/c1-7-16-32(26(35)22(17-33)30-27(36)37-28(4,5)6)24(20-14-10-9-13-19(20)8-2)25(34)31-23-18(3)12-11-15-21(23)29/h2,9-15,22,24,33H,7,16-17H2,1,3-6H3,(H,30,36)(H,31,34). The number of hydrogen-bond donors (Lipinski definition) is 3. The predicted octanol–water partition coefficient (Wildman–Crippen LogP) is 4.43. The third-order valence-electron chi connectivity index (χ3n) is 5.36. The Labute approximate surface area is 223 Å². The number of carbonyl (C=O) groups excluding carboxylic acids is 3. The van der Waals surface area contributed by atoms with Gasteiger partial charge in [0.15, 0.2) is 0 Å². The molecule has 3 amide bonds. The lowest BCUT2D eigenvalue weighted by atomic mass is 9.97. The summed E-state index contributed by atoms with van der Waals surface area (Å²) in [7, 11) is 0. The molecule has 3 N–H and O–H groups in total. The molecule has 0 aromatic heterocycles. The maximum Gasteiger partial charge on any atom is 0.408 e. The number of aryl methyl sites for hydroxylation is 1. The van der Waals surface area contributed by atoms with Gasteiger partial charge in [0.1, 0.15) is 17.7 Å². The fraction of sp³-hybridized carbons (Fsp3) is 0.393. The minimum atomic E-state index is -1.35. The van der Waals surface area contributed by atoms with Gasteiger partial charge in [0.25, 0.3) is 5.91 Å². The highest BCUT2D eigenvalue weighted by atomic mass is 35.5. The molecule has 0 saturated carbocycles. The van der Waals surface area contributed by atoms with Gasteiger partial charge in [0.2, 0.25) is 5.91 Å². The van der Waals surface area contributed by atoms with Crippen LogP contribution in [0.2, 0.25) is 5.02 Å². The first-order valence-corrected chi connectivity index (χ1v) is 12.3. The molecule has 0 aliphatic rings. The van der Waals surface area contributed by atoms with E-state index >= 15 is 0 Å². The first-order chi connectivity index (χ1) is 17.4. The van der Waals surface area contributed by atoms with E-state index in [1.54, 1.807) is 70.2 Å². The molecule has 37 heavy (non-hydrogen) atoms. The van der Waals surface area contributed by atoms with Gasteiger partial charge >= 0.3 is 6.09 Å². The number of amides is 3. The van der Waals surface area contributed by atoms with E-state index in [0.717, 1.165) is 5.56 Å². The maximum absolute atomic E-state index is 13.8. The van der Waals surface area contributed by atoms with E-state index in [0.29, 0.717) is 28.3 Å². The van der Waals surface area contributed by atoms with Crippen molar-refractivity contribution in [2.45, 2.75) is 58.7 Å². The van der Waals surface area contributed by atoms with Crippen LogP contribution in [0.4, 0.5) is 10.5 Å². The minimum absolute atomic E-state index is 0.143. The van der Waals surface area contributed by atoms with E-state index in [-0.39, 0.29) is 6.54 Å². The number of aliphatic hydroxyl groups is 1. The molecule has 0 fully saturated rings. The number of halogens is 1. The molecule has 0 aliphatic heterocycles.